The standard InChI is InChI=1S/C9H5F3N3/c10-9(11,12)8-13-7(14-15-8)6-4-2-1-3-5-6/h1-2,4-5H,(H,13,14,15). The molecule has 1 N–H and O–H groups in total. The second-order valence-corrected chi connectivity index (χ2v) is 2.80. The van der Waals surface area contributed by atoms with E-state index in [1.165, 1.54) is 6.07 Å². The molecule has 0 amide bonds. The maximum absolute atomic E-state index is 12.2. The number of aromatic amines is 1. The van der Waals surface area contributed by atoms with E-state index in [1.807, 2.05) is 5.10 Å². The number of aromatic nitrogens is 3. The van der Waals surface area contributed by atoms with Gasteiger partial charge in [-0.3, -0.25) is 5.10 Å². The lowest BCUT2D eigenvalue weighted by atomic mass is 10.2. The van der Waals surface area contributed by atoms with Crippen LogP contribution in [-0.2, 0) is 6.18 Å². The third-order valence-corrected chi connectivity index (χ3v) is 1.72. The van der Waals surface area contributed by atoms with Crippen molar-refractivity contribution < 1.29 is 13.2 Å². The summed E-state index contributed by atoms with van der Waals surface area (Å²) >= 11 is 0. The molecular formula is C9H5F3N3. The van der Waals surface area contributed by atoms with E-state index in [4.69, 9.17) is 0 Å². The van der Waals surface area contributed by atoms with Gasteiger partial charge in [-0.2, -0.15) is 18.3 Å². The molecule has 0 saturated carbocycles. The fourth-order valence-electron chi connectivity index (χ4n) is 1.05. The van der Waals surface area contributed by atoms with E-state index in [-0.39, 0.29) is 5.82 Å². The van der Waals surface area contributed by atoms with Gasteiger partial charge in [0.25, 0.3) is 0 Å². The van der Waals surface area contributed by atoms with Crippen molar-refractivity contribution >= 4 is 0 Å². The third kappa shape index (κ3) is 1.98. The maximum Gasteiger partial charge on any atom is 0.451 e. The zero-order valence-corrected chi connectivity index (χ0v) is 7.34. The Balaban J connectivity index is 2.37. The van der Waals surface area contributed by atoms with E-state index in [0.717, 1.165) is 0 Å². The highest BCUT2D eigenvalue weighted by molar-refractivity contribution is 5.53. The Morgan fingerprint density at radius 1 is 1.33 bits per heavy atom. The van der Waals surface area contributed by atoms with Gasteiger partial charge in [-0.15, -0.1) is 0 Å². The normalized spacial score (nSPS) is 11.7. The van der Waals surface area contributed by atoms with Crippen LogP contribution in [-0.4, -0.2) is 15.2 Å². The molecule has 0 spiro atoms. The van der Waals surface area contributed by atoms with E-state index in [2.05, 4.69) is 16.1 Å². The predicted octanol–water partition coefficient (Wildman–Crippen LogP) is 2.29. The number of nitrogens with zero attached hydrogens (tertiary/aromatic N) is 2. The Kier molecular flexibility index (Phi) is 2.18. The molecule has 3 nitrogen and oxygen atoms in total. The average Bonchev–Trinajstić information content (AvgIpc) is 2.67. The highest BCUT2D eigenvalue weighted by Gasteiger charge is 2.35. The van der Waals surface area contributed by atoms with Crippen molar-refractivity contribution in [2.75, 3.05) is 0 Å². The fraction of sp³-hybridized carbons (Fsp3) is 0.111. The SMILES string of the molecule is FC(F)(F)c1nc(-c2c[c]ccc2)n[nH]1. The van der Waals surface area contributed by atoms with E-state index in [0.29, 0.717) is 5.56 Å². The van der Waals surface area contributed by atoms with E-state index in [1.54, 1.807) is 18.2 Å². The molecule has 0 saturated heterocycles. The Bertz CT molecular complexity index is 447. The Morgan fingerprint density at radius 2 is 2.13 bits per heavy atom. The summed E-state index contributed by atoms with van der Waals surface area (Å²) in [4.78, 5) is 3.34. The van der Waals surface area contributed by atoms with Crippen molar-refractivity contribution in [2.45, 2.75) is 6.18 Å². The highest BCUT2D eigenvalue weighted by atomic mass is 19.4. The highest BCUT2D eigenvalue weighted by Crippen LogP contribution is 2.27. The van der Waals surface area contributed by atoms with Gasteiger partial charge in [0.2, 0.25) is 5.82 Å². The molecular weight excluding hydrogens is 207 g/mol. The lowest BCUT2D eigenvalue weighted by molar-refractivity contribution is -0.144. The summed E-state index contributed by atoms with van der Waals surface area (Å²) in [7, 11) is 0. The molecule has 0 bridgehead atoms. The lowest BCUT2D eigenvalue weighted by Gasteiger charge is -1.98. The zero-order chi connectivity index (χ0) is 10.9. The van der Waals surface area contributed by atoms with Crippen LogP contribution in [0.15, 0.2) is 24.3 Å². The molecule has 1 aromatic heterocycles. The van der Waals surface area contributed by atoms with Crippen LogP contribution in [0.1, 0.15) is 5.82 Å². The number of H-pyrrole nitrogens is 1. The second kappa shape index (κ2) is 3.38. The molecule has 0 unspecified atom stereocenters. The van der Waals surface area contributed by atoms with Crippen LogP contribution in [0.25, 0.3) is 11.4 Å². The molecule has 0 aliphatic rings. The lowest BCUT2D eigenvalue weighted by Crippen LogP contribution is -2.07. The molecule has 0 aliphatic heterocycles. The number of hydrogen-bond acceptors (Lipinski definition) is 2. The summed E-state index contributed by atoms with van der Waals surface area (Å²) in [5.74, 6) is -1.08. The summed E-state index contributed by atoms with van der Waals surface area (Å²) in [5, 5.41) is 5.32. The van der Waals surface area contributed by atoms with Crippen LogP contribution in [0, 0.1) is 6.07 Å². The van der Waals surface area contributed by atoms with Gasteiger partial charge in [-0.1, -0.05) is 18.2 Å². The van der Waals surface area contributed by atoms with Crippen molar-refractivity contribution in [2.24, 2.45) is 0 Å². The number of benzene rings is 1. The largest absolute Gasteiger partial charge is 0.451 e. The third-order valence-electron chi connectivity index (χ3n) is 1.72. The first-order valence-corrected chi connectivity index (χ1v) is 4.03. The maximum atomic E-state index is 12.2. The Morgan fingerprint density at radius 3 is 2.67 bits per heavy atom. The first kappa shape index (κ1) is 9.70. The zero-order valence-electron chi connectivity index (χ0n) is 7.34. The van der Waals surface area contributed by atoms with Crippen LogP contribution >= 0.6 is 0 Å². The molecule has 6 heteroatoms. The van der Waals surface area contributed by atoms with E-state index >= 15 is 0 Å². The molecule has 0 aliphatic carbocycles. The van der Waals surface area contributed by atoms with Crippen LogP contribution in [0.2, 0.25) is 0 Å². The van der Waals surface area contributed by atoms with Crippen LogP contribution in [0.3, 0.4) is 0 Å². The summed E-state index contributed by atoms with van der Waals surface area (Å²) in [6.45, 7) is 0. The molecule has 1 heterocycles. The average molecular weight is 212 g/mol. The smallest absolute Gasteiger partial charge is 0.255 e. The molecule has 15 heavy (non-hydrogen) atoms. The van der Waals surface area contributed by atoms with Gasteiger partial charge in [0.05, 0.1) is 0 Å². The summed E-state index contributed by atoms with van der Waals surface area (Å²) in [6, 6.07) is 9.15. The van der Waals surface area contributed by atoms with Crippen molar-refractivity contribution in [1.29, 1.82) is 0 Å². The number of alkyl halides is 3. The number of nitrogens with one attached hydrogen (secondary N) is 1. The number of rotatable bonds is 1. The molecule has 1 radical (unpaired) electrons. The van der Waals surface area contributed by atoms with Crippen molar-refractivity contribution in [3.63, 3.8) is 0 Å². The fourth-order valence-corrected chi connectivity index (χ4v) is 1.05. The van der Waals surface area contributed by atoms with Gasteiger partial charge in [0.1, 0.15) is 0 Å². The van der Waals surface area contributed by atoms with Crippen molar-refractivity contribution in [1.82, 2.24) is 15.2 Å². The topological polar surface area (TPSA) is 41.6 Å². The number of halogens is 3. The minimum atomic E-state index is -4.50. The van der Waals surface area contributed by atoms with Gasteiger partial charge in [-0.05, 0) is 12.1 Å². The van der Waals surface area contributed by atoms with Gasteiger partial charge in [-0.25, -0.2) is 4.98 Å². The summed E-state index contributed by atoms with van der Waals surface area (Å²) < 4.78 is 36.5. The van der Waals surface area contributed by atoms with E-state index < -0.39 is 12.0 Å². The van der Waals surface area contributed by atoms with Crippen LogP contribution in [0.5, 0.6) is 0 Å². The first-order chi connectivity index (χ1) is 7.07. The molecule has 1 aromatic carbocycles. The second-order valence-electron chi connectivity index (χ2n) is 2.80. The molecule has 0 fully saturated rings. The molecule has 0 atom stereocenters. The van der Waals surface area contributed by atoms with E-state index in [9.17, 15) is 13.2 Å². The molecule has 2 rings (SSSR count). The Hall–Kier alpha value is -1.85. The molecule has 2 aromatic rings. The van der Waals surface area contributed by atoms with Gasteiger partial charge in [0.15, 0.2) is 5.82 Å². The van der Waals surface area contributed by atoms with Crippen LogP contribution in [0.4, 0.5) is 13.2 Å². The van der Waals surface area contributed by atoms with Crippen molar-refractivity contribution in [3.8, 4) is 11.4 Å². The number of hydrogen-bond donors (Lipinski definition) is 1. The quantitative estimate of drug-likeness (QED) is 0.787. The Labute approximate surface area is 83.0 Å². The summed E-state index contributed by atoms with van der Waals surface area (Å²) in [6.07, 6.45) is -4.50. The first-order valence-electron chi connectivity index (χ1n) is 4.03. The summed E-state index contributed by atoms with van der Waals surface area (Å²) in [5.41, 5.74) is 0.490. The van der Waals surface area contributed by atoms with Gasteiger partial charge < -0.3 is 0 Å². The van der Waals surface area contributed by atoms with Crippen molar-refractivity contribution in [3.05, 3.63) is 36.2 Å². The minimum absolute atomic E-state index is 0.0131. The monoisotopic (exact) mass is 212 g/mol. The van der Waals surface area contributed by atoms with Gasteiger partial charge in [0, 0.05) is 5.56 Å². The van der Waals surface area contributed by atoms with Gasteiger partial charge >= 0.3 is 6.18 Å². The molecule has 77 valence electrons. The van der Waals surface area contributed by atoms with Crippen LogP contribution < -0.4 is 0 Å². The minimum Gasteiger partial charge on any atom is -0.255 e. The predicted molar refractivity (Wildman–Crippen MR) is 45.7 cm³/mol.